The SMILES string of the molecule is Cc1ccc(-c2nnc(SCC(=O)N3CCC[C@@H](C)C3)o2)cc1. The van der Waals surface area contributed by atoms with Crippen molar-refractivity contribution in [2.45, 2.75) is 31.9 Å². The van der Waals surface area contributed by atoms with E-state index in [4.69, 9.17) is 4.42 Å². The van der Waals surface area contributed by atoms with Gasteiger partial charge in [-0.3, -0.25) is 4.79 Å². The van der Waals surface area contributed by atoms with Crippen molar-refractivity contribution in [2.75, 3.05) is 18.8 Å². The maximum atomic E-state index is 12.2. The molecule has 1 aromatic carbocycles. The predicted octanol–water partition coefficient (Wildman–Crippen LogP) is 3.40. The van der Waals surface area contributed by atoms with E-state index in [1.165, 1.54) is 23.7 Å². The summed E-state index contributed by atoms with van der Waals surface area (Å²) in [6.07, 6.45) is 2.30. The van der Waals surface area contributed by atoms with Crippen molar-refractivity contribution >= 4 is 17.7 Å². The molecule has 0 bridgehead atoms. The second-order valence-corrected chi connectivity index (χ2v) is 7.04. The normalized spacial score (nSPS) is 18.2. The first-order chi connectivity index (χ1) is 11.1. The topological polar surface area (TPSA) is 59.2 Å². The zero-order valence-electron chi connectivity index (χ0n) is 13.5. The molecule has 1 atom stereocenters. The molecule has 122 valence electrons. The fraction of sp³-hybridized carbons (Fsp3) is 0.471. The van der Waals surface area contributed by atoms with Crippen molar-refractivity contribution in [1.29, 1.82) is 0 Å². The number of aryl methyl sites for hydroxylation is 1. The van der Waals surface area contributed by atoms with Crippen LogP contribution in [-0.4, -0.2) is 39.8 Å². The highest BCUT2D eigenvalue weighted by atomic mass is 32.2. The van der Waals surface area contributed by atoms with Gasteiger partial charge in [0.2, 0.25) is 11.8 Å². The molecule has 0 radical (unpaired) electrons. The maximum Gasteiger partial charge on any atom is 0.277 e. The summed E-state index contributed by atoms with van der Waals surface area (Å²) >= 11 is 1.31. The molecule has 0 unspecified atom stereocenters. The zero-order valence-corrected chi connectivity index (χ0v) is 14.3. The van der Waals surface area contributed by atoms with Gasteiger partial charge in [-0.15, -0.1) is 10.2 Å². The largest absolute Gasteiger partial charge is 0.411 e. The van der Waals surface area contributed by atoms with Gasteiger partial charge in [0.1, 0.15) is 0 Å². The molecule has 1 aliphatic heterocycles. The monoisotopic (exact) mass is 331 g/mol. The minimum Gasteiger partial charge on any atom is -0.411 e. The lowest BCUT2D eigenvalue weighted by molar-refractivity contribution is -0.130. The molecule has 0 N–H and O–H groups in total. The number of carbonyl (C=O) groups excluding carboxylic acids is 1. The Hall–Kier alpha value is -1.82. The number of benzene rings is 1. The summed E-state index contributed by atoms with van der Waals surface area (Å²) < 4.78 is 5.64. The molecule has 3 rings (SSSR count). The standard InChI is InChI=1S/C17H21N3O2S/c1-12-5-7-14(8-6-12)16-18-19-17(22-16)23-11-15(21)20-9-3-4-13(2)10-20/h5-8,13H,3-4,9-11H2,1-2H3/t13-/m1/s1. The summed E-state index contributed by atoms with van der Waals surface area (Å²) in [6, 6.07) is 7.93. The lowest BCUT2D eigenvalue weighted by Gasteiger charge is -2.30. The fourth-order valence-corrected chi connectivity index (χ4v) is 3.38. The van der Waals surface area contributed by atoms with Crippen LogP contribution in [0.3, 0.4) is 0 Å². The first kappa shape index (κ1) is 16.1. The number of hydrogen-bond acceptors (Lipinski definition) is 5. The number of hydrogen-bond donors (Lipinski definition) is 0. The van der Waals surface area contributed by atoms with Crippen LogP contribution in [0.1, 0.15) is 25.3 Å². The molecule has 2 aromatic rings. The minimum absolute atomic E-state index is 0.150. The van der Waals surface area contributed by atoms with Gasteiger partial charge in [-0.05, 0) is 37.8 Å². The molecule has 1 aliphatic rings. The second kappa shape index (κ2) is 7.17. The first-order valence-electron chi connectivity index (χ1n) is 7.93. The summed E-state index contributed by atoms with van der Waals surface area (Å²) in [5.74, 6) is 1.58. The quantitative estimate of drug-likeness (QED) is 0.804. The van der Waals surface area contributed by atoms with Crippen LogP contribution in [0.5, 0.6) is 0 Å². The van der Waals surface area contributed by atoms with E-state index in [1.807, 2.05) is 36.1 Å². The number of nitrogens with zero attached hydrogens (tertiary/aromatic N) is 3. The van der Waals surface area contributed by atoms with Crippen LogP contribution >= 0.6 is 11.8 Å². The summed E-state index contributed by atoms with van der Waals surface area (Å²) in [4.78, 5) is 14.2. The van der Waals surface area contributed by atoms with E-state index < -0.39 is 0 Å². The van der Waals surface area contributed by atoms with Crippen molar-refractivity contribution in [3.63, 3.8) is 0 Å². The van der Waals surface area contributed by atoms with Crippen LogP contribution in [0, 0.1) is 12.8 Å². The number of aromatic nitrogens is 2. The Morgan fingerprint density at radius 3 is 2.87 bits per heavy atom. The van der Waals surface area contributed by atoms with Crippen LogP contribution in [0.15, 0.2) is 33.9 Å². The molecule has 5 nitrogen and oxygen atoms in total. The van der Waals surface area contributed by atoms with E-state index in [9.17, 15) is 4.79 Å². The van der Waals surface area contributed by atoms with Crippen LogP contribution in [0.25, 0.3) is 11.5 Å². The Kier molecular flexibility index (Phi) is 5.00. The highest BCUT2D eigenvalue weighted by molar-refractivity contribution is 7.99. The van der Waals surface area contributed by atoms with Crippen molar-refractivity contribution in [3.05, 3.63) is 29.8 Å². The lowest BCUT2D eigenvalue weighted by Crippen LogP contribution is -2.40. The van der Waals surface area contributed by atoms with Gasteiger partial charge >= 0.3 is 0 Å². The van der Waals surface area contributed by atoms with Gasteiger partial charge in [0.15, 0.2) is 0 Å². The molecule has 1 saturated heterocycles. The third-order valence-electron chi connectivity index (χ3n) is 4.03. The highest BCUT2D eigenvalue weighted by Crippen LogP contribution is 2.24. The molecule has 1 fully saturated rings. The molecule has 1 aromatic heterocycles. The number of likely N-dealkylation sites (tertiary alicyclic amines) is 1. The van der Waals surface area contributed by atoms with Crippen molar-refractivity contribution in [3.8, 4) is 11.5 Å². The smallest absolute Gasteiger partial charge is 0.277 e. The van der Waals surface area contributed by atoms with Crippen LogP contribution in [0.2, 0.25) is 0 Å². The molecular weight excluding hydrogens is 310 g/mol. The van der Waals surface area contributed by atoms with Gasteiger partial charge in [-0.25, -0.2) is 0 Å². The Bertz CT molecular complexity index is 669. The number of rotatable bonds is 4. The molecule has 0 saturated carbocycles. The Morgan fingerprint density at radius 1 is 1.35 bits per heavy atom. The molecular formula is C17H21N3O2S. The Labute approximate surface area is 140 Å². The molecule has 0 aliphatic carbocycles. The Balaban J connectivity index is 1.56. The third-order valence-corrected chi connectivity index (χ3v) is 4.84. The van der Waals surface area contributed by atoms with E-state index in [0.29, 0.717) is 22.8 Å². The van der Waals surface area contributed by atoms with Crippen molar-refractivity contribution < 1.29 is 9.21 Å². The van der Waals surface area contributed by atoms with Gasteiger partial charge < -0.3 is 9.32 Å². The van der Waals surface area contributed by atoms with Crippen LogP contribution in [-0.2, 0) is 4.79 Å². The van der Waals surface area contributed by atoms with Gasteiger partial charge in [-0.1, -0.05) is 36.4 Å². The van der Waals surface area contributed by atoms with Gasteiger partial charge in [0, 0.05) is 18.7 Å². The highest BCUT2D eigenvalue weighted by Gasteiger charge is 2.21. The minimum atomic E-state index is 0.150. The summed E-state index contributed by atoms with van der Waals surface area (Å²) in [6.45, 7) is 5.95. The summed E-state index contributed by atoms with van der Waals surface area (Å²) in [5, 5.41) is 8.52. The molecule has 23 heavy (non-hydrogen) atoms. The molecule has 1 amide bonds. The average Bonchev–Trinajstić information content (AvgIpc) is 3.02. The average molecular weight is 331 g/mol. The lowest BCUT2D eigenvalue weighted by atomic mass is 10.0. The maximum absolute atomic E-state index is 12.2. The first-order valence-corrected chi connectivity index (χ1v) is 8.91. The Morgan fingerprint density at radius 2 is 2.13 bits per heavy atom. The molecule has 2 heterocycles. The van der Waals surface area contributed by atoms with E-state index in [2.05, 4.69) is 17.1 Å². The van der Waals surface area contributed by atoms with E-state index in [-0.39, 0.29) is 5.91 Å². The summed E-state index contributed by atoms with van der Waals surface area (Å²) in [5.41, 5.74) is 2.08. The number of amides is 1. The van der Waals surface area contributed by atoms with Crippen molar-refractivity contribution in [1.82, 2.24) is 15.1 Å². The zero-order chi connectivity index (χ0) is 16.2. The third kappa shape index (κ3) is 4.13. The van der Waals surface area contributed by atoms with Gasteiger partial charge in [-0.2, -0.15) is 0 Å². The number of thioether (sulfide) groups is 1. The van der Waals surface area contributed by atoms with E-state index in [1.54, 1.807) is 0 Å². The van der Waals surface area contributed by atoms with E-state index in [0.717, 1.165) is 25.1 Å². The van der Waals surface area contributed by atoms with Gasteiger partial charge in [0.05, 0.1) is 5.75 Å². The van der Waals surface area contributed by atoms with Crippen LogP contribution in [0.4, 0.5) is 0 Å². The fourth-order valence-electron chi connectivity index (χ4n) is 2.71. The van der Waals surface area contributed by atoms with Crippen LogP contribution < -0.4 is 0 Å². The predicted molar refractivity (Wildman–Crippen MR) is 90.2 cm³/mol. The van der Waals surface area contributed by atoms with E-state index >= 15 is 0 Å². The molecule has 0 spiro atoms. The van der Waals surface area contributed by atoms with Gasteiger partial charge in [0.25, 0.3) is 5.22 Å². The number of piperidine rings is 1. The van der Waals surface area contributed by atoms with Crippen molar-refractivity contribution in [2.24, 2.45) is 5.92 Å². The second-order valence-electron chi connectivity index (χ2n) is 6.11. The number of carbonyl (C=O) groups is 1. The molecule has 6 heteroatoms. The summed E-state index contributed by atoms with van der Waals surface area (Å²) in [7, 11) is 0.